The minimum Gasteiger partial charge on any atom is -0.444 e. The average Bonchev–Trinajstić information content (AvgIpc) is 2.99. The van der Waals surface area contributed by atoms with E-state index in [1.807, 2.05) is 38.3 Å². The molecule has 1 N–H and O–H groups in total. The fourth-order valence-corrected chi connectivity index (χ4v) is 3.53. The largest absolute Gasteiger partial charge is 0.444 e. The van der Waals surface area contributed by atoms with Crippen LogP contribution >= 0.6 is 15.9 Å². The minimum atomic E-state index is -0.494. The highest BCUT2D eigenvalue weighted by molar-refractivity contribution is 9.10. The van der Waals surface area contributed by atoms with E-state index in [2.05, 4.69) is 38.1 Å². The number of halogens is 1. The predicted molar refractivity (Wildman–Crippen MR) is 105 cm³/mol. The number of aryl methyl sites for hydroxylation is 1. The highest BCUT2D eigenvalue weighted by Gasteiger charge is 2.34. The molecule has 26 heavy (non-hydrogen) atoms. The van der Waals surface area contributed by atoms with Crippen molar-refractivity contribution in [3.8, 4) is 0 Å². The van der Waals surface area contributed by atoms with Gasteiger partial charge >= 0.3 is 6.09 Å². The number of hydrogen-bond donors (Lipinski definition) is 1. The molecule has 0 atom stereocenters. The summed E-state index contributed by atoms with van der Waals surface area (Å²) < 4.78 is 8.32. The van der Waals surface area contributed by atoms with Crippen molar-refractivity contribution in [3.63, 3.8) is 0 Å². The van der Waals surface area contributed by atoms with E-state index >= 15 is 0 Å². The molecule has 0 unspecified atom stereocenters. The van der Waals surface area contributed by atoms with Gasteiger partial charge in [-0.2, -0.15) is 0 Å². The van der Waals surface area contributed by atoms with Crippen LogP contribution in [0.4, 0.5) is 10.6 Å². The van der Waals surface area contributed by atoms with Gasteiger partial charge in [-0.3, -0.25) is 4.40 Å². The number of fused-ring (bicyclic) bond motifs is 1. The van der Waals surface area contributed by atoms with Gasteiger partial charge in [0.25, 0.3) is 0 Å². The summed E-state index contributed by atoms with van der Waals surface area (Å²) >= 11 is 3.57. The van der Waals surface area contributed by atoms with E-state index in [4.69, 9.17) is 9.72 Å². The quantitative estimate of drug-likeness (QED) is 0.797. The van der Waals surface area contributed by atoms with Crippen molar-refractivity contribution in [1.29, 1.82) is 0 Å². The first-order valence-electron chi connectivity index (χ1n) is 8.83. The van der Waals surface area contributed by atoms with E-state index < -0.39 is 5.60 Å². The van der Waals surface area contributed by atoms with Crippen LogP contribution in [0.15, 0.2) is 17.0 Å². The van der Waals surface area contributed by atoms with Crippen molar-refractivity contribution in [2.24, 2.45) is 0 Å². The molecular weight excluding hydrogens is 398 g/mol. The Kier molecular flexibility index (Phi) is 4.90. The van der Waals surface area contributed by atoms with E-state index in [0.717, 1.165) is 47.7 Å². The summed E-state index contributed by atoms with van der Waals surface area (Å²) in [6, 6.07) is 0. The second kappa shape index (κ2) is 6.72. The third-order valence-electron chi connectivity index (χ3n) is 4.59. The van der Waals surface area contributed by atoms with Crippen molar-refractivity contribution in [3.05, 3.63) is 22.7 Å². The maximum absolute atomic E-state index is 12.1. The molecule has 2 aromatic heterocycles. The molecule has 0 radical (unpaired) electrons. The molecule has 1 saturated heterocycles. The molecule has 0 aliphatic carbocycles. The number of anilines is 1. The molecule has 0 saturated carbocycles. The van der Waals surface area contributed by atoms with Gasteiger partial charge in [-0.25, -0.2) is 14.8 Å². The lowest BCUT2D eigenvalue weighted by atomic mass is 9.90. The average molecular weight is 424 g/mol. The van der Waals surface area contributed by atoms with E-state index in [0.29, 0.717) is 0 Å². The zero-order chi connectivity index (χ0) is 19.1. The molecule has 7 nitrogen and oxygen atoms in total. The Balaban J connectivity index is 1.72. The molecule has 1 aliphatic rings. The van der Waals surface area contributed by atoms with Crippen LogP contribution in [0, 0.1) is 6.92 Å². The van der Waals surface area contributed by atoms with Gasteiger partial charge in [0.05, 0.1) is 5.69 Å². The Bertz CT molecular complexity index is 819. The molecule has 142 valence electrons. The Hall–Kier alpha value is -1.83. The van der Waals surface area contributed by atoms with Crippen LogP contribution in [-0.4, -0.2) is 44.7 Å². The Morgan fingerprint density at radius 1 is 1.35 bits per heavy atom. The number of piperidine rings is 1. The first kappa shape index (κ1) is 18.9. The highest BCUT2D eigenvalue weighted by Crippen LogP contribution is 2.30. The summed E-state index contributed by atoms with van der Waals surface area (Å²) in [7, 11) is 0. The summed E-state index contributed by atoms with van der Waals surface area (Å²) in [6.07, 6.45) is 4.98. The number of carbonyl (C=O) groups is 1. The number of amides is 1. The van der Waals surface area contributed by atoms with Crippen LogP contribution in [0.1, 0.15) is 46.2 Å². The number of alkyl carbamates (subject to hydrolysis) is 1. The Labute approximate surface area is 162 Å². The summed E-state index contributed by atoms with van der Waals surface area (Å²) in [5, 5.41) is 3.04. The van der Waals surface area contributed by atoms with Crippen LogP contribution in [0.25, 0.3) is 5.65 Å². The van der Waals surface area contributed by atoms with E-state index in [-0.39, 0.29) is 11.6 Å². The Morgan fingerprint density at radius 3 is 2.62 bits per heavy atom. The van der Waals surface area contributed by atoms with Crippen LogP contribution in [-0.2, 0) is 4.74 Å². The van der Waals surface area contributed by atoms with Gasteiger partial charge in [0.15, 0.2) is 11.5 Å². The molecule has 0 bridgehead atoms. The third-order valence-corrected chi connectivity index (χ3v) is 5.55. The molecule has 3 rings (SSSR count). The lowest BCUT2D eigenvalue weighted by Crippen LogP contribution is -2.54. The van der Waals surface area contributed by atoms with E-state index in [9.17, 15) is 4.79 Å². The maximum Gasteiger partial charge on any atom is 0.408 e. The Morgan fingerprint density at radius 2 is 2.00 bits per heavy atom. The van der Waals surface area contributed by atoms with Gasteiger partial charge in [0.2, 0.25) is 0 Å². The summed E-state index contributed by atoms with van der Waals surface area (Å²) in [5.74, 6) is 0.884. The summed E-state index contributed by atoms with van der Waals surface area (Å²) in [4.78, 5) is 23.6. The van der Waals surface area contributed by atoms with Crippen molar-refractivity contribution >= 4 is 33.5 Å². The molecule has 0 aromatic carbocycles. The summed E-state index contributed by atoms with van der Waals surface area (Å²) in [5.41, 5.74) is 0.984. The number of ether oxygens (including phenoxy) is 1. The fraction of sp³-hybridized carbons (Fsp3) is 0.611. The topological polar surface area (TPSA) is 71.8 Å². The van der Waals surface area contributed by atoms with Crippen LogP contribution < -0.4 is 10.2 Å². The van der Waals surface area contributed by atoms with Crippen molar-refractivity contribution in [2.45, 2.75) is 58.6 Å². The number of aromatic nitrogens is 3. The summed E-state index contributed by atoms with van der Waals surface area (Å²) in [6.45, 7) is 11.2. The monoisotopic (exact) mass is 423 g/mol. The number of imidazole rings is 1. The number of rotatable bonds is 2. The molecule has 2 aromatic rings. The molecule has 0 spiro atoms. The van der Waals surface area contributed by atoms with Gasteiger partial charge in [0, 0.05) is 31.0 Å². The van der Waals surface area contributed by atoms with Gasteiger partial charge in [0.1, 0.15) is 10.2 Å². The second-order valence-electron chi connectivity index (χ2n) is 8.11. The van der Waals surface area contributed by atoms with Crippen LogP contribution in [0.5, 0.6) is 0 Å². The normalized spacial score (nSPS) is 17.4. The molecule has 8 heteroatoms. The van der Waals surface area contributed by atoms with Crippen molar-refractivity contribution in [1.82, 2.24) is 19.7 Å². The lowest BCUT2D eigenvalue weighted by Gasteiger charge is -2.40. The fourth-order valence-electron chi connectivity index (χ4n) is 3.16. The number of carbonyl (C=O) groups excluding carboxylic acids is 1. The highest BCUT2D eigenvalue weighted by atomic mass is 79.9. The van der Waals surface area contributed by atoms with Crippen molar-refractivity contribution in [2.75, 3.05) is 18.0 Å². The van der Waals surface area contributed by atoms with Gasteiger partial charge in [-0.1, -0.05) is 0 Å². The molecule has 1 aliphatic heterocycles. The zero-order valence-electron chi connectivity index (χ0n) is 16.0. The second-order valence-corrected chi connectivity index (χ2v) is 8.86. The van der Waals surface area contributed by atoms with E-state index in [1.165, 1.54) is 0 Å². The number of hydrogen-bond acceptors (Lipinski definition) is 5. The zero-order valence-corrected chi connectivity index (χ0v) is 17.6. The van der Waals surface area contributed by atoms with Crippen LogP contribution in [0.2, 0.25) is 0 Å². The van der Waals surface area contributed by atoms with Gasteiger partial charge in [-0.05, 0) is 63.4 Å². The van der Waals surface area contributed by atoms with E-state index in [1.54, 1.807) is 6.20 Å². The minimum absolute atomic E-state index is 0.283. The SMILES string of the molecule is Cc1nc(N2CCC(C)(NC(=O)OC(C)(C)C)CC2)c2nccn2c1Br. The van der Waals surface area contributed by atoms with Crippen LogP contribution in [0.3, 0.4) is 0 Å². The number of nitrogens with zero attached hydrogens (tertiary/aromatic N) is 4. The van der Waals surface area contributed by atoms with Crippen molar-refractivity contribution < 1.29 is 9.53 Å². The first-order chi connectivity index (χ1) is 12.1. The standard InChI is InChI=1S/C18H26BrN5O2/c1-12-13(19)24-11-8-20-14(24)15(21-12)23-9-6-18(5,7-10-23)22-16(25)26-17(2,3)4/h8,11H,6-7,9-10H2,1-5H3,(H,22,25). The van der Waals surface area contributed by atoms with Gasteiger partial charge < -0.3 is 15.0 Å². The van der Waals surface area contributed by atoms with Gasteiger partial charge in [-0.15, -0.1) is 0 Å². The maximum atomic E-state index is 12.1. The smallest absolute Gasteiger partial charge is 0.408 e. The first-order valence-corrected chi connectivity index (χ1v) is 9.63. The number of nitrogens with one attached hydrogen (secondary N) is 1. The molecule has 1 amide bonds. The molecule has 3 heterocycles. The molecule has 1 fully saturated rings. The predicted octanol–water partition coefficient (Wildman–Crippen LogP) is 3.68. The lowest BCUT2D eigenvalue weighted by molar-refractivity contribution is 0.0448. The molecular formula is C18H26BrN5O2. The third kappa shape index (κ3) is 3.95.